The number of hydrogen-bond acceptors (Lipinski definition) is 6. The molecule has 1 aliphatic heterocycles. The molecule has 1 fully saturated rings. The first-order valence-corrected chi connectivity index (χ1v) is 11.2. The molecule has 0 saturated carbocycles. The lowest BCUT2D eigenvalue weighted by atomic mass is 10.2. The maximum Gasteiger partial charge on any atom is 0.260 e. The Kier molecular flexibility index (Phi) is 6.57. The van der Waals surface area contributed by atoms with Gasteiger partial charge in [0.2, 0.25) is 0 Å². The molecule has 7 nitrogen and oxygen atoms in total. The van der Waals surface area contributed by atoms with E-state index in [0.29, 0.717) is 29.6 Å². The van der Waals surface area contributed by atoms with Crippen LogP contribution in [0.15, 0.2) is 40.6 Å². The summed E-state index contributed by atoms with van der Waals surface area (Å²) in [7, 11) is -3.58. The van der Waals surface area contributed by atoms with Gasteiger partial charge in [0.25, 0.3) is 15.9 Å². The summed E-state index contributed by atoms with van der Waals surface area (Å²) in [5.41, 5.74) is 0.880. The van der Waals surface area contributed by atoms with Crippen molar-refractivity contribution in [2.45, 2.75) is 10.6 Å². The number of thiophene rings is 1. The molecule has 0 spiro atoms. The Morgan fingerprint density at radius 3 is 2.39 bits per heavy atom. The second kappa shape index (κ2) is 8.92. The van der Waals surface area contributed by atoms with Crippen LogP contribution < -0.4 is 4.74 Å². The summed E-state index contributed by atoms with van der Waals surface area (Å²) in [6, 6.07) is 12.1. The molecule has 1 aromatic heterocycles. The number of rotatable bonds is 6. The Hall–Kier alpha value is -2.12. The van der Waals surface area contributed by atoms with E-state index in [1.165, 1.54) is 10.4 Å². The number of carbonyl (C=O) groups is 1. The molecule has 0 aliphatic carbocycles. The number of hydrogen-bond donors (Lipinski definition) is 0. The van der Waals surface area contributed by atoms with Crippen LogP contribution in [0.3, 0.4) is 0 Å². The Balaban J connectivity index is 1.50. The maximum atomic E-state index is 12.6. The molecule has 28 heavy (non-hydrogen) atoms. The van der Waals surface area contributed by atoms with Gasteiger partial charge in [-0.2, -0.15) is 9.57 Å². The summed E-state index contributed by atoms with van der Waals surface area (Å²) in [6.07, 6.45) is 0.323. The number of halogens is 1. The average molecular weight is 440 g/mol. The molecule has 3 rings (SSSR count). The molecule has 0 N–H and O–H groups in total. The molecule has 10 heteroatoms. The molecule has 2 aromatic rings. The van der Waals surface area contributed by atoms with Gasteiger partial charge in [-0.05, 0) is 29.8 Å². The van der Waals surface area contributed by atoms with Crippen LogP contribution in [0.4, 0.5) is 0 Å². The molecular weight excluding hydrogens is 422 g/mol. The monoisotopic (exact) mass is 439 g/mol. The first-order valence-electron chi connectivity index (χ1n) is 8.52. The van der Waals surface area contributed by atoms with Gasteiger partial charge in [-0.1, -0.05) is 23.7 Å². The number of nitriles is 1. The van der Waals surface area contributed by atoms with Crippen LogP contribution in [0.5, 0.6) is 5.75 Å². The fourth-order valence-electron chi connectivity index (χ4n) is 2.77. The van der Waals surface area contributed by atoms with Crippen LogP contribution in [0.1, 0.15) is 5.56 Å². The van der Waals surface area contributed by atoms with Gasteiger partial charge in [-0.3, -0.25) is 4.79 Å². The van der Waals surface area contributed by atoms with E-state index in [1.54, 1.807) is 35.2 Å². The number of benzene rings is 1. The topological polar surface area (TPSA) is 90.7 Å². The van der Waals surface area contributed by atoms with Gasteiger partial charge in [-0.25, -0.2) is 8.42 Å². The van der Waals surface area contributed by atoms with Crippen molar-refractivity contribution in [1.29, 1.82) is 5.26 Å². The lowest BCUT2D eigenvalue weighted by Gasteiger charge is -2.33. The van der Waals surface area contributed by atoms with Crippen LogP contribution in [-0.4, -0.2) is 56.3 Å². The molecule has 0 unspecified atom stereocenters. The molecule has 0 radical (unpaired) electrons. The third-order valence-corrected chi connectivity index (χ3v) is 7.90. The van der Waals surface area contributed by atoms with Crippen molar-refractivity contribution in [1.82, 2.24) is 9.21 Å². The summed E-state index contributed by atoms with van der Waals surface area (Å²) < 4.78 is 32.7. The van der Waals surface area contributed by atoms with Gasteiger partial charge in [0.15, 0.2) is 6.61 Å². The summed E-state index contributed by atoms with van der Waals surface area (Å²) in [5.74, 6) is 0.350. The van der Waals surface area contributed by atoms with Gasteiger partial charge in [0.05, 0.1) is 16.8 Å². The molecule has 0 bridgehead atoms. The third-order valence-electron chi connectivity index (χ3n) is 4.30. The lowest BCUT2D eigenvalue weighted by molar-refractivity contribution is -0.134. The van der Waals surface area contributed by atoms with Crippen molar-refractivity contribution >= 4 is 38.9 Å². The van der Waals surface area contributed by atoms with Crippen LogP contribution >= 0.6 is 22.9 Å². The largest absolute Gasteiger partial charge is 0.484 e. The maximum absolute atomic E-state index is 12.6. The highest BCUT2D eigenvalue weighted by Gasteiger charge is 2.31. The zero-order chi connectivity index (χ0) is 20.1. The second-order valence-corrected chi connectivity index (χ2v) is 9.99. The molecule has 0 atom stereocenters. The highest BCUT2D eigenvalue weighted by molar-refractivity contribution is 7.91. The summed E-state index contributed by atoms with van der Waals surface area (Å²) in [4.78, 5) is 13.9. The normalized spacial score (nSPS) is 15.2. The van der Waals surface area contributed by atoms with Crippen LogP contribution in [0.25, 0.3) is 0 Å². The van der Waals surface area contributed by atoms with E-state index in [-0.39, 0.29) is 29.8 Å². The van der Waals surface area contributed by atoms with E-state index in [1.807, 2.05) is 0 Å². The van der Waals surface area contributed by atoms with E-state index < -0.39 is 10.0 Å². The molecule has 1 saturated heterocycles. The number of piperazine rings is 1. The van der Waals surface area contributed by atoms with Crippen LogP contribution in [0.2, 0.25) is 4.34 Å². The molecule has 1 aliphatic rings. The first-order chi connectivity index (χ1) is 13.4. The number of sulfonamides is 1. The van der Waals surface area contributed by atoms with Gasteiger partial charge in [0.1, 0.15) is 9.96 Å². The number of carbonyl (C=O) groups excluding carboxylic acids is 1. The molecule has 2 heterocycles. The lowest BCUT2D eigenvalue weighted by Crippen LogP contribution is -2.51. The Morgan fingerprint density at radius 1 is 1.14 bits per heavy atom. The number of ether oxygens (including phenoxy) is 1. The average Bonchev–Trinajstić information content (AvgIpc) is 3.15. The van der Waals surface area contributed by atoms with Crippen LogP contribution in [-0.2, 0) is 21.2 Å². The standard InChI is InChI=1S/C18H18ClN3O4S2/c19-16-5-6-18(27-16)28(24,25)22-11-9-21(10-12-22)17(23)13-26-15-3-1-14(2-4-15)7-8-20/h1-6H,7,9-13H2. The van der Waals surface area contributed by atoms with E-state index >= 15 is 0 Å². The Bertz CT molecular complexity index is 975. The van der Waals surface area contributed by atoms with E-state index in [4.69, 9.17) is 21.6 Å². The third kappa shape index (κ3) is 4.83. The fraction of sp³-hybridized carbons (Fsp3) is 0.333. The van der Waals surface area contributed by atoms with Crippen molar-refractivity contribution in [2.75, 3.05) is 32.8 Å². The SMILES string of the molecule is N#CCc1ccc(OCC(=O)N2CCN(S(=O)(=O)c3ccc(Cl)s3)CC2)cc1. The molecule has 1 aromatic carbocycles. The predicted molar refractivity (Wildman–Crippen MR) is 106 cm³/mol. The Labute approximate surface area is 172 Å². The van der Waals surface area contributed by atoms with Crippen molar-refractivity contribution in [3.8, 4) is 11.8 Å². The van der Waals surface area contributed by atoms with Gasteiger partial charge in [-0.15, -0.1) is 11.3 Å². The summed E-state index contributed by atoms with van der Waals surface area (Å²) in [6.45, 7) is 0.951. The van der Waals surface area contributed by atoms with Crippen molar-refractivity contribution in [2.24, 2.45) is 0 Å². The summed E-state index contributed by atoms with van der Waals surface area (Å²) >= 11 is 6.86. The molecular formula is C18H18ClN3O4S2. The van der Waals surface area contributed by atoms with E-state index in [2.05, 4.69) is 6.07 Å². The zero-order valence-electron chi connectivity index (χ0n) is 14.9. The highest BCUT2D eigenvalue weighted by Crippen LogP contribution is 2.28. The quantitative estimate of drug-likeness (QED) is 0.689. The van der Waals surface area contributed by atoms with Gasteiger partial charge in [0, 0.05) is 26.2 Å². The van der Waals surface area contributed by atoms with Gasteiger partial charge >= 0.3 is 0 Å². The second-order valence-electron chi connectivity index (χ2n) is 6.11. The number of amides is 1. The summed E-state index contributed by atoms with van der Waals surface area (Å²) in [5, 5.41) is 8.67. The van der Waals surface area contributed by atoms with Crippen molar-refractivity contribution in [3.05, 3.63) is 46.3 Å². The smallest absolute Gasteiger partial charge is 0.260 e. The number of nitrogens with zero attached hydrogens (tertiary/aromatic N) is 3. The first kappa shape index (κ1) is 20.6. The highest BCUT2D eigenvalue weighted by atomic mass is 35.5. The fourth-order valence-corrected chi connectivity index (χ4v) is 5.83. The minimum atomic E-state index is -3.58. The Morgan fingerprint density at radius 2 is 1.82 bits per heavy atom. The minimum Gasteiger partial charge on any atom is -0.484 e. The van der Waals surface area contributed by atoms with Crippen LogP contribution in [0, 0.1) is 11.3 Å². The molecule has 148 valence electrons. The van der Waals surface area contributed by atoms with Crippen molar-refractivity contribution < 1.29 is 17.9 Å². The van der Waals surface area contributed by atoms with E-state index in [9.17, 15) is 13.2 Å². The van der Waals surface area contributed by atoms with E-state index in [0.717, 1.165) is 16.9 Å². The minimum absolute atomic E-state index is 0.120. The predicted octanol–water partition coefficient (Wildman–Crippen LogP) is 2.38. The van der Waals surface area contributed by atoms with Crippen molar-refractivity contribution in [3.63, 3.8) is 0 Å². The molecule has 1 amide bonds. The van der Waals surface area contributed by atoms with Gasteiger partial charge < -0.3 is 9.64 Å². The zero-order valence-corrected chi connectivity index (χ0v) is 17.3.